The molecule has 9 heteroatoms. The number of amides is 1. The zero-order valence-electron chi connectivity index (χ0n) is 15.6. The van der Waals surface area contributed by atoms with Crippen LogP contribution in [0.5, 0.6) is 0 Å². The van der Waals surface area contributed by atoms with Crippen LogP contribution in [0, 0.1) is 6.92 Å². The lowest BCUT2D eigenvalue weighted by Gasteiger charge is -2.33. The molecule has 1 aromatic carbocycles. The molecule has 0 saturated heterocycles. The zero-order chi connectivity index (χ0) is 19.8. The second-order valence-electron chi connectivity index (χ2n) is 6.85. The Morgan fingerprint density at radius 1 is 1.21 bits per heavy atom. The minimum absolute atomic E-state index is 0.138. The fraction of sp³-hybridized carbons (Fsp3) is 0.316. The highest BCUT2D eigenvalue weighted by molar-refractivity contribution is 5.76. The van der Waals surface area contributed by atoms with E-state index >= 15 is 0 Å². The molecule has 28 heavy (non-hydrogen) atoms. The Morgan fingerprint density at radius 3 is 2.71 bits per heavy atom. The molecular weight excluding hydrogens is 360 g/mol. The molecule has 1 aliphatic rings. The first-order chi connectivity index (χ1) is 13.4. The number of aromatic nitrogens is 5. The van der Waals surface area contributed by atoms with Crippen molar-refractivity contribution in [1.82, 2.24) is 29.2 Å². The van der Waals surface area contributed by atoms with Gasteiger partial charge in [-0.1, -0.05) is 30.3 Å². The number of nitrogens with zero attached hydrogens (tertiary/aromatic N) is 5. The van der Waals surface area contributed by atoms with E-state index in [-0.39, 0.29) is 18.5 Å². The van der Waals surface area contributed by atoms with Crippen molar-refractivity contribution in [1.29, 1.82) is 0 Å². The van der Waals surface area contributed by atoms with Crippen LogP contribution in [-0.4, -0.2) is 41.7 Å². The highest BCUT2D eigenvalue weighted by atomic mass is 16.2. The summed E-state index contributed by atoms with van der Waals surface area (Å²) in [4.78, 5) is 44.8. The number of rotatable bonds is 3. The summed E-state index contributed by atoms with van der Waals surface area (Å²) in [5, 5.41) is 4.56. The van der Waals surface area contributed by atoms with Crippen LogP contribution in [0.15, 0.2) is 46.1 Å². The number of H-pyrrole nitrogens is 1. The highest BCUT2D eigenvalue weighted by Crippen LogP contribution is 2.26. The molecule has 0 fully saturated rings. The highest BCUT2D eigenvalue weighted by Gasteiger charge is 2.31. The summed E-state index contributed by atoms with van der Waals surface area (Å²) in [5.74, 6) is 1.13. The molecule has 3 heterocycles. The lowest BCUT2D eigenvalue weighted by molar-refractivity contribution is -0.135. The Balaban J connectivity index is 1.57. The van der Waals surface area contributed by atoms with Crippen LogP contribution >= 0.6 is 0 Å². The molecule has 2 aromatic heterocycles. The molecule has 3 aromatic rings. The maximum absolute atomic E-state index is 12.8. The predicted octanol–water partition coefficient (Wildman–Crippen LogP) is 0.707. The number of carbonyl (C=O) groups is 1. The van der Waals surface area contributed by atoms with Crippen molar-refractivity contribution in [2.24, 2.45) is 0 Å². The van der Waals surface area contributed by atoms with Gasteiger partial charge in [-0.05, 0) is 13.8 Å². The van der Waals surface area contributed by atoms with E-state index in [0.29, 0.717) is 30.3 Å². The van der Waals surface area contributed by atoms with E-state index in [1.165, 1.54) is 10.8 Å². The average Bonchev–Trinajstić information content (AvgIpc) is 3.12. The van der Waals surface area contributed by atoms with Gasteiger partial charge >= 0.3 is 5.69 Å². The third-order valence-corrected chi connectivity index (χ3v) is 4.94. The van der Waals surface area contributed by atoms with Gasteiger partial charge < -0.3 is 4.90 Å². The molecule has 4 rings (SSSR count). The fourth-order valence-corrected chi connectivity index (χ4v) is 3.39. The molecule has 1 atom stereocenters. The molecule has 0 aliphatic carbocycles. The minimum Gasteiger partial charge on any atom is -0.329 e. The number of fused-ring (bicyclic) bond motifs is 1. The van der Waals surface area contributed by atoms with E-state index in [1.54, 1.807) is 11.8 Å². The normalized spacial score (nSPS) is 16.1. The van der Waals surface area contributed by atoms with Gasteiger partial charge in [0.05, 0.1) is 12.6 Å². The van der Waals surface area contributed by atoms with E-state index in [0.717, 1.165) is 5.56 Å². The van der Waals surface area contributed by atoms with Gasteiger partial charge in [0.15, 0.2) is 5.82 Å². The van der Waals surface area contributed by atoms with Crippen LogP contribution < -0.4 is 11.2 Å². The molecule has 0 spiro atoms. The number of aryl methyl sites for hydroxylation is 1. The van der Waals surface area contributed by atoms with Crippen LogP contribution in [0.1, 0.15) is 24.4 Å². The van der Waals surface area contributed by atoms with Gasteiger partial charge in [0.1, 0.15) is 12.4 Å². The first kappa shape index (κ1) is 17.9. The second kappa shape index (κ2) is 6.91. The SMILES string of the molecule is Cc1cn(CC(=O)N2CCn3nc(-c4ccccc4)nc3[C@@H]2C)c(=O)[nH]c1=O. The standard InChI is InChI=1S/C19H20N6O3/c1-12-10-23(19(28)21-18(12)27)11-15(26)24-8-9-25-17(13(24)2)20-16(22-25)14-6-4-3-5-7-14/h3-7,10,13H,8-9,11H2,1-2H3,(H,21,27,28)/t13-/m0/s1. The van der Waals surface area contributed by atoms with Gasteiger partial charge in [-0.15, -0.1) is 0 Å². The summed E-state index contributed by atoms with van der Waals surface area (Å²) in [6.07, 6.45) is 1.41. The molecule has 1 aliphatic heterocycles. The fourth-order valence-electron chi connectivity index (χ4n) is 3.39. The van der Waals surface area contributed by atoms with Crippen molar-refractivity contribution in [2.75, 3.05) is 6.54 Å². The van der Waals surface area contributed by atoms with E-state index in [9.17, 15) is 14.4 Å². The first-order valence-corrected chi connectivity index (χ1v) is 9.04. The smallest absolute Gasteiger partial charge is 0.328 e. The monoisotopic (exact) mass is 380 g/mol. The van der Waals surface area contributed by atoms with Crippen molar-refractivity contribution in [3.63, 3.8) is 0 Å². The lowest BCUT2D eigenvalue weighted by Crippen LogP contribution is -2.44. The van der Waals surface area contributed by atoms with Gasteiger partial charge in [-0.3, -0.25) is 19.1 Å². The number of hydrogen-bond donors (Lipinski definition) is 1. The van der Waals surface area contributed by atoms with Crippen molar-refractivity contribution in [3.8, 4) is 11.4 Å². The number of carbonyl (C=O) groups excluding carboxylic acids is 1. The maximum atomic E-state index is 12.8. The van der Waals surface area contributed by atoms with Crippen molar-refractivity contribution in [2.45, 2.75) is 33.0 Å². The summed E-state index contributed by atoms with van der Waals surface area (Å²) in [5.41, 5.74) is 0.265. The molecule has 0 bridgehead atoms. The second-order valence-corrected chi connectivity index (χ2v) is 6.85. The first-order valence-electron chi connectivity index (χ1n) is 9.04. The van der Waals surface area contributed by atoms with Gasteiger partial charge in [0.25, 0.3) is 5.56 Å². The number of benzene rings is 1. The number of aromatic amines is 1. The Labute approximate surface area is 160 Å². The average molecular weight is 380 g/mol. The predicted molar refractivity (Wildman–Crippen MR) is 102 cm³/mol. The van der Waals surface area contributed by atoms with Gasteiger partial charge in [-0.25, -0.2) is 14.5 Å². The Morgan fingerprint density at radius 2 is 1.96 bits per heavy atom. The van der Waals surface area contributed by atoms with Crippen molar-refractivity contribution < 1.29 is 4.79 Å². The van der Waals surface area contributed by atoms with Gasteiger partial charge in [0.2, 0.25) is 5.91 Å². The van der Waals surface area contributed by atoms with Crippen molar-refractivity contribution in [3.05, 3.63) is 68.8 Å². The molecule has 1 amide bonds. The summed E-state index contributed by atoms with van der Waals surface area (Å²) in [6, 6.07) is 9.41. The molecule has 1 N–H and O–H groups in total. The van der Waals surface area contributed by atoms with Gasteiger partial charge in [0, 0.05) is 23.9 Å². The van der Waals surface area contributed by atoms with E-state index in [1.807, 2.05) is 41.9 Å². The number of nitrogens with one attached hydrogen (secondary N) is 1. The Hall–Kier alpha value is -3.49. The molecule has 0 saturated carbocycles. The van der Waals surface area contributed by atoms with Crippen LogP contribution in [-0.2, 0) is 17.9 Å². The van der Waals surface area contributed by atoms with Crippen molar-refractivity contribution >= 4 is 5.91 Å². The maximum Gasteiger partial charge on any atom is 0.328 e. The quantitative estimate of drug-likeness (QED) is 0.720. The summed E-state index contributed by atoms with van der Waals surface area (Å²) in [7, 11) is 0. The largest absolute Gasteiger partial charge is 0.329 e. The van der Waals surface area contributed by atoms with E-state index < -0.39 is 11.2 Å². The molecule has 144 valence electrons. The minimum atomic E-state index is -0.594. The lowest BCUT2D eigenvalue weighted by atomic mass is 10.2. The van der Waals surface area contributed by atoms with Crippen LogP contribution in [0.3, 0.4) is 0 Å². The summed E-state index contributed by atoms with van der Waals surface area (Å²) in [6.45, 7) is 4.36. The third kappa shape index (κ3) is 3.15. The Kier molecular flexibility index (Phi) is 4.42. The molecule has 9 nitrogen and oxygen atoms in total. The zero-order valence-corrected chi connectivity index (χ0v) is 15.6. The number of hydrogen-bond acceptors (Lipinski definition) is 5. The van der Waals surface area contributed by atoms with Crippen LogP contribution in [0.4, 0.5) is 0 Å². The van der Waals surface area contributed by atoms with Gasteiger partial charge in [-0.2, -0.15) is 5.10 Å². The molecular formula is C19H20N6O3. The van der Waals surface area contributed by atoms with Crippen LogP contribution in [0.25, 0.3) is 11.4 Å². The molecule has 0 radical (unpaired) electrons. The van der Waals surface area contributed by atoms with E-state index in [4.69, 9.17) is 0 Å². The third-order valence-electron chi connectivity index (χ3n) is 4.94. The summed E-state index contributed by atoms with van der Waals surface area (Å²) < 4.78 is 3.05. The summed E-state index contributed by atoms with van der Waals surface area (Å²) >= 11 is 0. The Bertz CT molecular complexity index is 1140. The van der Waals surface area contributed by atoms with Crippen LogP contribution in [0.2, 0.25) is 0 Å². The van der Waals surface area contributed by atoms with E-state index in [2.05, 4.69) is 15.1 Å². The molecule has 0 unspecified atom stereocenters. The topological polar surface area (TPSA) is 106 Å².